The molecule has 0 aliphatic heterocycles. The second-order valence-electron chi connectivity index (χ2n) is 11.4. The Kier molecular flexibility index (Phi) is 4.54. The van der Waals surface area contributed by atoms with E-state index in [1.807, 2.05) is 54.2 Å². The normalized spacial score (nSPS) is 15.5. The molecule has 3 heterocycles. The zero-order valence-corrected chi connectivity index (χ0v) is 22.2. The van der Waals surface area contributed by atoms with Gasteiger partial charge in [-0.2, -0.15) is 0 Å². The summed E-state index contributed by atoms with van der Waals surface area (Å²) in [7, 11) is 2.01. The van der Waals surface area contributed by atoms with Crippen LogP contribution in [0.1, 0.15) is 38.8 Å². The van der Waals surface area contributed by atoms with Crippen LogP contribution in [0.15, 0.2) is 83.4 Å². The second kappa shape index (κ2) is 7.57. The summed E-state index contributed by atoms with van der Waals surface area (Å²) >= 11 is 0. The maximum Gasteiger partial charge on any atom is 0.141 e. The fourth-order valence-electron chi connectivity index (χ4n) is 6.08. The van der Waals surface area contributed by atoms with Crippen LogP contribution in [0, 0.1) is 0 Å². The molecule has 0 amide bonds. The standard InChI is InChI=1S/C33H29N3O2/c1-32(2)21-12-9-13-25(37)29(21)30-22(33(32,3)4)16-17-23(34-30)24-18-36(5)31(35-24)20-11-8-15-27-28(20)19-10-6-7-14-26(19)38-27/h6-18,37H,1-5H3. The third kappa shape index (κ3) is 2.93. The number of aromatic hydroxyl groups is 1. The van der Waals surface area contributed by atoms with Gasteiger partial charge in [0.25, 0.3) is 0 Å². The van der Waals surface area contributed by atoms with Gasteiger partial charge in [0.2, 0.25) is 0 Å². The molecular weight excluding hydrogens is 470 g/mol. The molecular formula is C33H29N3O2. The molecule has 3 aromatic carbocycles. The summed E-state index contributed by atoms with van der Waals surface area (Å²) in [6.07, 6.45) is 2.02. The Balaban J connectivity index is 1.42. The lowest BCUT2D eigenvalue weighted by atomic mass is 9.56. The molecule has 3 aromatic heterocycles. The van der Waals surface area contributed by atoms with E-state index in [0.29, 0.717) is 0 Å². The largest absolute Gasteiger partial charge is 0.507 e. The highest BCUT2D eigenvalue weighted by atomic mass is 16.3. The van der Waals surface area contributed by atoms with Gasteiger partial charge in [0, 0.05) is 40.6 Å². The molecule has 6 aromatic rings. The number of hydrogen-bond acceptors (Lipinski definition) is 4. The first-order valence-electron chi connectivity index (χ1n) is 13.0. The molecule has 0 saturated carbocycles. The van der Waals surface area contributed by atoms with Gasteiger partial charge in [0.15, 0.2) is 0 Å². The molecule has 0 atom stereocenters. The zero-order chi connectivity index (χ0) is 26.4. The summed E-state index contributed by atoms with van der Waals surface area (Å²) < 4.78 is 8.16. The number of para-hydroxylation sites is 1. The number of aryl methyl sites for hydroxylation is 1. The molecule has 0 bridgehead atoms. The minimum atomic E-state index is -0.179. The highest BCUT2D eigenvalue weighted by Crippen LogP contribution is 2.55. The number of rotatable bonds is 2. The molecule has 7 rings (SSSR count). The minimum absolute atomic E-state index is 0.179. The molecule has 5 heteroatoms. The number of aromatic nitrogens is 3. The van der Waals surface area contributed by atoms with E-state index in [-0.39, 0.29) is 16.6 Å². The Bertz CT molecular complexity index is 1910. The molecule has 38 heavy (non-hydrogen) atoms. The van der Waals surface area contributed by atoms with Gasteiger partial charge < -0.3 is 14.1 Å². The van der Waals surface area contributed by atoms with Crippen molar-refractivity contribution in [3.8, 4) is 39.8 Å². The average molecular weight is 500 g/mol. The van der Waals surface area contributed by atoms with E-state index in [4.69, 9.17) is 14.4 Å². The summed E-state index contributed by atoms with van der Waals surface area (Å²) in [5, 5.41) is 13.1. The third-order valence-electron chi connectivity index (χ3n) is 8.87. The van der Waals surface area contributed by atoms with Crippen molar-refractivity contribution in [1.29, 1.82) is 0 Å². The third-order valence-corrected chi connectivity index (χ3v) is 8.87. The molecule has 188 valence electrons. The fraction of sp³-hybridized carbons (Fsp3) is 0.212. The van der Waals surface area contributed by atoms with E-state index in [2.05, 4.69) is 58.0 Å². The molecule has 0 spiro atoms. The fourth-order valence-corrected chi connectivity index (χ4v) is 6.08. The number of phenols is 1. The lowest BCUT2D eigenvalue weighted by Gasteiger charge is -2.47. The number of imidazole rings is 1. The number of nitrogens with zero attached hydrogens (tertiary/aromatic N) is 3. The number of hydrogen-bond donors (Lipinski definition) is 1. The Labute approximate surface area is 221 Å². The van der Waals surface area contributed by atoms with Gasteiger partial charge in [-0.05, 0) is 40.8 Å². The van der Waals surface area contributed by atoms with Gasteiger partial charge in [0.1, 0.15) is 28.4 Å². The van der Waals surface area contributed by atoms with Crippen LogP contribution in [-0.4, -0.2) is 19.6 Å². The van der Waals surface area contributed by atoms with Crippen LogP contribution in [0.25, 0.3) is 56.0 Å². The molecule has 0 radical (unpaired) electrons. The summed E-state index contributed by atoms with van der Waals surface area (Å²) in [4.78, 5) is 10.2. The Morgan fingerprint density at radius 3 is 2.32 bits per heavy atom. The lowest BCUT2D eigenvalue weighted by molar-refractivity contribution is 0.296. The van der Waals surface area contributed by atoms with E-state index < -0.39 is 0 Å². The van der Waals surface area contributed by atoms with Crippen molar-refractivity contribution < 1.29 is 9.52 Å². The monoisotopic (exact) mass is 499 g/mol. The predicted octanol–water partition coefficient (Wildman–Crippen LogP) is 7.99. The van der Waals surface area contributed by atoms with Crippen LogP contribution in [0.3, 0.4) is 0 Å². The first kappa shape index (κ1) is 22.8. The van der Waals surface area contributed by atoms with Gasteiger partial charge in [-0.15, -0.1) is 0 Å². The van der Waals surface area contributed by atoms with E-state index in [1.54, 1.807) is 6.07 Å². The summed E-state index contributed by atoms with van der Waals surface area (Å²) in [6.45, 7) is 9.00. The predicted molar refractivity (Wildman–Crippen MR) is 152 cm³/mol. The molecule has 5 nitrogen and oxygen atoms in total. The molecule has 0 saturated heterocycles. The molecule has 0 unspecified atom stereocenters. The van der Waals surface area contributed by atoms with Crippen LogP contribution in [0.2, 0.25) is 0 Å². The van der Waals surface area contributed by atoms with Crippen molar-refractivity contribution in [3.05, 3.63) is 90.1 Å². The quantitative estimate of drug-likeness (QED) is 0.262. The maximum absolute atomic E-state index is 11.0. The van der Waals surface area contributed by atoms with Gasteiger partial charge in [-0.3, -0.25) is 0 Å². The molecule has 1 N–H and O–H groups in total. The Morgan fingerprint density at radius 1 is 0.737 bits per heavy atom. The van der Waals surface area contributed by atoms with E-state index >= 15 is 0 Å². The first-order chi connectivity index (χ1) is 18.2. The topological polar surface area (TPSA) is 64.1 Å². The second-order valence-corrected chi connectivity index (χ2v) is 11.4. The van der Waals surface area contributed by atoms with Crippen molar-refractivity contribution >= 4 is 21.9 Å². The lowest BCUT2D eigenvalue weighted by Crippen LogP contribution is -2.43. The van der Waals surface area contributed by atoms with Crippen LogP contribution in [0.5, 0.6) is 5.75 Å². The van der Waals surface area contributed by atoms with E-state index in [0.717, 1.165) is 67.1 Å². The first-order valence-corrected chi connectivity index (χ1v) is 13.0. The average Bonchev–Trinajstić information content (AvgIpc) is 3.48. The van der Waals surface area contributed by atoms with Crippen LogP contribution < -0.4 is 0 Å². The highest BCUT2D eigenvalue weighted by molar-refractivity contribution is 6.11. The van der Waals surface area contributed by atoms with Gasteiger partial charge >= 0.3 is 0 Å². The van der Waals surface area contributed by atoms with Crippen LogP contribution in [0.4, 0.5) is 0 Å². The number of benzene rings is 3. The smallest absolute Gasteiger partial charge is 0.141 e. The van der Waals surface area contributed by atoms with Gasteiger partial charge in [-0.1, -0.05) is 76.2 Å². The van der Waals surface area contributed by atoms with Crippen molar-refractivity contribution in [2.75, 3.05) is 0 Å². The van der Waals surface area contributed by atoms with E-state index in [1.165, 1.54) is 0 Å². The maximum atomic E-state index is 11.0. The van der Waals surface area contributed by atoms with Crippen LogP contribution >= 0.6 is 0 Å². The highest BCUT2D eigenvalue weighted by Gasteiger charge is 2.47. The van der Waals surface area contributed by atoms with Crippen molar-refractivity contribution in [2.45, 2.75) is 38.5 Å². The molecule has 1 aliphatic carbocycles. The van der Waals surface area contributed by atoms with Crippen molar-refractivity contribution in [1.82, 2.24) is 14.5 Å². The summed E-state index contributed by atoms with van der Waals surface area (Å²) in [5.41, 5.74) is 7.82. The zero-order valence-electron chi connectivity index (χ0n) is 22.2. The summed E-state index contributed by atoms with van der Waals surface area (Å²) in [5.74, 6) is 1.11. The number of phenolic OH excluding ortho intramolecular Hbond substituents is 1. The molecule has 1 aliphatic rings. The summed E-state index contributed by atoms with van der Waals surface area (Å²) in [6, 6.07) is 24.2. The number of fused-ring (bicyclic) bond motifs is 6. The van der Waals surface area contributed by atoms with Crippen molar-refractivity contribution in [2.24, 2.45) is 7.05 Å². The Morgan fingerprint density at radius 2 is 1.47 bits per heavy atom. The van der Waals surface area contributed by atoms with Gasteiger partial charge in [0.05, 0.1) is 11.4 Å². The van der Waals surface area contributed by atoms with Crippen LogP contribution in [-0.2, 0) is 17.9 Å². The SMILES string of the molecule is Cn1cc(-c2ccc3c(n2)-c2c(O)cccc2C(C)(C)C3(C)C)nc1-c1cccc2oc3ccccc3c12. The van der Waals surface area contributed by atoms with Crippen molar-refractivity contribution in [3.63, 3.8) is 0 Å². The Hall–Kier alpha value is -4.38. The number of pyridine rings is 1. The van der Waals surface area contributed by atoms with E-state index in [9.17, 15) is 5.11 Å². The minimum Gasteiger partial charge on any atom is -0.507 e. The molecule has 0 fully saturated rings. The number of furan rings is 1. The van der Waals surface area contributed by atoms with Gasteiger partial charge in [-0.25, -0.2) is 9.97 Å².